The fraction of sp³-hybridized carbons (Fsp3) is 0.487. The zero-order valence-electron chi connectivity index (χ0n) is 29.0. The lowest BCUT2D eigenvalue weighted by Gasteiger charge is -2.47. The number of urea groups is 1. The van der Waals surface area contributed by atoms with E-state index >= 15 is 4.79 Å². The van der Waals surface area contributed by atoms with Crippen molar-refractivity contribution < 1.29 is 9.53 Å². The van der Waals surface area contributed by atoms with Gasteiger partial charge in [-0.25, -0.2) is 4.79 Å². The van der Waals surface area contributed by atoms with E-state index in [9.17, 15) is 0 Å². The lowest BCUT2D eigenvalue weighted by atomic mass is 9.71. The maximum atomic E-state index is 15.3. The van der Waals surface area contributed by atoms with Gasteiger partial charge in [0.25, 0.3) is 0 Å². The number of ether oxygens (including phenoxy) is 1. The van der Waals surface area contributed by atoms with Crippen molar-refractivity contribution in [2.45, 2.75) is 89.8 Å². The first-order valence-corrected chi connectivity index (χ1v) is 18.3. The second kappa shape index (κ2) is 13.5. The van der Waals surface area contributed by atoms with Crippen molar-refractivity contribution in [1.82, 2.24) is 14.7 Å². The third-order valence-electron chi connectivity index (χ3n) is 10.8. The van der Waals surface area contributed by atoms with E-state index in [4.69, 9.17) is 44.5 Å². The van der Waals surface area contributed by atoms with Crippen molar-refractivity contribution in [3.63, 3.8) is 0 Å². The number of benzene rings is 3. The van der Waals surface area contributed by atoms with Crippen LogP contribution in [0.15, 0.2) is 65.7 Å². The van der Waals surface area contributed by atoms with Crippen LogP contribution in [0.4, 0.5) is 4.79 Å². The standard InChI is InChI=1S/C39H47Cl3N4O2/c1-7-48-34-25-32(37(2,3)4)33(42)24-31(34)35-43-38(5,26-10-14-28(40)15-11-26)39(6,27-12-16-29(41)17-13-27)46(35)36(47)45-22-18-30(19-23-45)44-20-8-9-21-44/h10-17,24-25,30H,7-9,18-23H2,1-6H3/t38-,39+/m0/s1. The predicted octanol–water partition coefficient (Wildman–Crippen LogP) is 9.92. The van der Waals surface area contributed by atoms with E-state index in [2.05, 4.69) is 39.5 Å². The summed E-state index contributed by atoms with van der Waals surface area (Å²) in [5.74, 6) is 1.18. The molecule has 2 fully saturated rings. The summed E-state index contributed by atoms with van der Waals surface area (Å²) in [6, 6.07) is 19.9. The van der Waals surface area contributed by atoms with Crippen LogP contribution in [0.5, 0.6) is 5.75 Å². The SMILES string of the molecule is CCOc1cc(C(C)(C)C)c(Cl)cc1C1=N[C@@](C)(c2ccc(Cl)cc2)[C@@](C)(c2ccc(Cl)cc2)N1C(=O)N1CCC(N2CCCC2)CC1. The van der Waals surface area contributed by atoms with Gasteiger partial charge in [-0.2, -0.15) is 0 Å². The largest absolute Gasteiger partial charge is 0.493 e. The molecule has 256 valence electrons. The average molecular weight is 710 g/mol. The Morgan fingerprint density at radius 2 is 1.44 bits per heavy atom. The van der Waals surface area contributed by atoms with Gasteiger partial charge < -0.3 is 14.5 Å². The van der Waals surface area contributed by atoms with Gasteiger partial charge in [0, 0.05) is 34.2 Å². The minimum absolute atomic E-state index is 0.0813. The first kappa shape index (κ1) is 35.1. The molecule has 0 N–H and O–H groups in total. The van der Waals surface area contributed by atoms with Crippen molar-refractivity contribution in [3.05, 3.63) is 98.0 Å². The molecule has 0 bridgehead atoms. The van der Waals surface area contributed by atoms with Crippen molar-refractivity contribution in [2.24, 2.45) is 4.99 Å². The van der Waals surface area contributed by atoms with Crippen LogP contribution in [0, 0.1) is 0 Å². The van der Waals surface area contributed by atoms with E-state index in [1.165, 1.54) is 12.8 Å². The number of nitrogens with zero attached hydrogens (tertiary/aromatic N) is 4. The number of rotatable bonds is 6. The molecule has 6 rings (SSSR count). The molecule has 9 heteroatoms. The summed E-state index contributed by atoms with van der Waals surface area (Å²) in [5.41, 5.74) is 1.39. The van der Waals surface area contributed by atoms with Crippen molar-refractivity contribution in [1.29, 1.82) is 0 Å². The number of halogens is 3. The zero-order valence-corrected chi connectivity index (χ0v) is 31.2. The number of hydrogen-bond donors (Lipinski definition) is 0. The van der Waals surface area contributed by atoms with Crippen LogP contribution in [0.3, 0.4) is 0 Å². The second-order valence-corrected chi connectivity index (χ2v) is 16.0. The predicted molar refractivity (Wildman–Crippen MR) is 198 cm³/mol. The molecule has 2 atom stereocenters. The molecule has 3 aliphatic rings. The third-order valence-corrected chi connectivity index (χ3v) is 11.6. The molecule has 3 aromatic carbocycles. The topological polar surface area (TPSA) is 48.4 Å². The number of carbonyl (C=O) groups is 1. The van der Waals surface area contributed by atoms with Crippen LogP contribution in [0.2, 0.25) is 15.1 Å². The molecule has 0 unspecified atom stereocenters. The van der Waals surface area contributed by atoms with Crippen molar-refractivity contribution >= 4 is 46.7 Å². The van der Waals surface area contributed by atoms with Gasteiger partial charge in [0.05, 0.1) is 12.2 Å². The highest BCUT2D eigenvalue weighted by Crippen LogP contribution is 2.54. The summed E-state index contributed by atoms with van der Waals surface area (Å²) in [6.07, 6.45) is 4.42. The Bertz CT molecular complexity index is 1670. The van der Waals surface area contributed by atoms with E-state index in [-0.39, 0.29) is 11.4 Å². The highest BCUT2D eigenvalue weighted by atomic mass is 35.5. The summed E-state index contributed by atoms with van der Waals surface area (Å²) in [4.78, 5) is 27.3. The van der Waals surface area contributed by atoms with Gasteiger partial charge in [0.1, 0.15) is 22.7 Å². The normalized spacial score (nSPS) is 23.9. The fourth-order valence-corrected chi connectivity index (χ4v) is 8.51. The van der Waals surface area contributed by atoms with E-state index in [1.54, 1.807) is 0 Å². The van der Waals surface area contributed by atoms with Gasteiger partial charge in [0.2, 0.25) is 0 Å². The highest BCUT2D eigenvalue weighted by molar-refractivity contribution is 6.32. The Morgan fingerprint density at radius 1 is 0.875 bits per heavy atom. The Labute approximate surface area is 301 Å². The van der Waals surface area contributed by atoms with E-state index in [0.717, 1.165) is 42.6 Å². The van der Waals surface area contributed by atoms with Crippen LogP contribution < -0.4 is 4.74 Å². The van der Waals surface area contributed by atoms with Gasteiger partial charge in [-0.3, -0.25) is 9.89 Å². The average Bonchev–Trinajstić information content (AvgIpc) is 3.68. The molecule has 3 aliphatic heterocycles. The van der Waals surface area contributed by atoms with E-state index in [0.29, 0.717) is 58.0 Å². The molecule has 0 radical (unpaired) electrons. The molecule has 48 heavy (non-hydrogen) atoms. The molecule has 2 saturated heterocycles. The van der Waals surface area contributed by atoms with E-state index < -0.39 is 11.1 Å². The molecule has 2 amide bonds. The lowest BCUT2D eigenvalue weighted by molar-refractivity contribution is 0.0872. The van der Waals surface area contributed by atoms with Crippen LogP contribution in [-0.2, 0) is 16.5 Å². The van der Waals surface area contributed by atoms with Gasteiger partial charge in [-0.05, 0) is 118 Å². The first-order chi connectivity index (χ1) is 22.8. The number of amides is 2. The number of carbonyl (C=O) groups excluding carboxylic acids is 1. The Morgan fingerprint density at radius 3 is 1.98 bits per heavy atom. The van der Waals surface area contributed by atoms with E-state index in [1.807, 2.05) is 77.4 Å². The number of likely N-dealkylation sites (tertiary alicyclic amines) is 2. The number of aliphatic imine (C=N–C) groups is 1. The first-order valence-electron chi connectivity index (χ1n) is 17.2. The number of piperidine rings is 1. The minimum Gasteiger partial charge on any atom is -0.493 e. The summed E-state index contributed by atoms with van der Waals surface area (Å²) < 4.78 is 6.33. The Balaban J connectivity index is 1.55. The van der Waals surface area contributed by atoms with Gasteiger partial charge in [-0.15, -0.1) is 0 Å². The number of amidine groups is 1. The molecule has 0 saturated carbocycles. The Kier molecular flexibility index (Phi) is 9.87. The maximum Gasteiger partial charge on any atom is 0.326 e. The molecule has 0 spiro atoms. The molecule has 6 nitrogen and oxygen atoms in total. The minimum atomic E-state index is -0.970. The molecule has 0 aliphatic carbocycles. The Hall–Kier alpha value is -2.77. The molecule has 3 heterocycles. The maximum absolute atomic E-state index is 15.3. The fourth-order valence-electron chi connectivity index (χ4n) is 7.82. The molecule has 0 aromatic heterocycles. The van der Waals surface area contributed by atoms with Gasteiger partial charge >= 0.3 is 6.03 Å². The van der Waals surface area contributed by atoms with Crippen LogP contribution in [0.1, 0.15) is 89.5 Å². The summed E-state index contributed by atoms with van der Waals surface area (Å²) in [6.45, 7) is 16.7. The quantitative estimate of drug-likeness (QED) is 0.256. The summed E-state index contributed by atoms with van der Waals surface area (Å²) >= 11 is 19.9. The lowest BCUT2D eigenvalue weighted by Crippen LogP contribution is -2.59. The van der Waals surface area contributed by atoms with Crippen LogP contribution in [0.25, 0.3) is 0 Å². The van der Waals surface area contributed by atoms with Crippen LogP contribution in [-0.4, -0.2) is 65.4 Å². The van der Waals surface area contributed by atoms with Crippen LogP contribution >= 0.6 is 34.8 Å². The molecular formula is C39H47Cl3N4O2. The van der Waals surface area contributed by atoms with Crippen molar-refractivity contribution in [3.8, 4) is 5.75 Å². The zero-order chi connectivity index (χ0) is 34.4. The van der Waals surface area contributed by atoms with Gasteiger partial charge in [-0.1, -0.05) is 79.8 Å². The monoisotopic (exact) mass is 708 g/mol. The summed E-state index contributed by atoms with van der Waals surface area (Å²) in [5, 5.41) is 1.87. The number of hydrogen-bond acceptors (Lipinski definition) is 4. The second-order valence-electron chi connectivity index (χ2n) is 14.7. The molecular weight excluding hydrogens is 663 g/mol. The van der Waals surface area contributed by atoms with Crippen molar-refractivity contribution in [2.75, 3.05) is 32.8 Å². The molecule has 3 aromatic rings. The van der Waals surface area contributed by atoms with Gasteiger partial charge in [0.15, 0.2) is 0 Å². The highest BCUT2D eigenvalue weighted by Gasteiger charge is 2.60. The summed E-state index contributed by atoms with van der Waals surface area (Å²) in [7, 11) is 0. The smallest absolute Gasteiger partial charge is 0.326 e. The third kappa shape index (κ3) is 6.23.